The van der Waals surface area contributed by atoms with Crippen LogP contribution < -0.4 is 5.32 Å². The summed E-state index contributed by atoms with van der Waals surface area (Å²) in [5, 5.41) is 34.2. The zero-order chi connectivity index (χ0) is 29.7. The molecule has 4 rings (SSSR count). The van der Waals surface area contributed by atoms with Gasteiger partial charge in [0.1, 0.15) is 18.9 Å². The van der Waals surface area contributed by atoms with Crippen molar-refractivity contribution in [1.29, 1.82) is 0 Å². The minimum absolute atomic E-state index is 0.0720. The van der Waals surface area contributed by atoms with Crippen LogP contribution in [0, 0.1) is 26.1 Å². The smallest absolute Gasteiger partial charge is 0.407 e. The van der Waals surface area contributed by atoms with Crippen LogP contribution in [0.3, 0.4) is 0 Å². The van der Waals surface area contributed by atoms with Gasteiger partial charge in [-0.1, -0.05) is 0 Å². The van der Waals surface area contributed by atoms with Crippen LogP contribution in [0.25, 0.3) is 0 Å². The Morgan fingerprint density at radius 2 is 1.56 bits per heavy atom. The summed E-state index contributed by atoms with van der Waals surface area (Å²) in [6, 6.07) is 10.8. The third-order valence-corrected chi connectivity index (χ3v) is 7.68. The molecule has 2 aromatic carbocycles. The summed E-state index contributed by atoms with van der Waals surface area (Å²) in [5.41, 5.74) is 1.03. The summed E-state index contributed by atoms with van der Waals surface area (Å²) in [7, 11) is 0. The van der Waals surface area contributed by atoms with Gasteiger partial charge in [-0.05, 0) is 42.3 Å². The van der Waals surface area contributed by atoms with Crippen molar-refractivity contribution in [1.82, 2.24) is 10.2 Å². The SMILES string of the molecule is C[C@H](O)[C@@H]1C(=O)N2C(C(=O)OCc3ccc([N+](=O)[O-])cc3)=C(SCCNC(=O)OCc3ccc([N+](=O)[O-])cc3)C[C@H]12. The monoisotopic (exact) mass is 586 g/mol. The summed E-state index contributed by atoms with van der Waals surface area (Å²) in [6.07, 6.45) is -1.24. The molecule has 0 radical (unpaired) electrons. The number of thioether (sulfide) groups is 1. The number of esters is 1. The number of nitrogens with zero attached hydrogens (tertiary/aromatic N) is 3. The van der Waals surface area contributed by atoms with Crippen LogP contribution in [-0.2, 0) is 32.3 Å². The van der Waals surface area contributed by atoms with Gasteiger partial charge in [0.2, 0.25) is 5.91 Å². The lowest BCUT2D eigenvalue weighted by Gasteiger charge is -2.44. The first-order valence-electron chi connectivity index (χ1n) is 12.5. The number of aliphatic hydroxyl groups is 1. The molecule has 2 aliphatic rings. The highest BCUT2D eigenvalue weighted by Crippen LogP contribution is 2.47. The topological polar surface area (TPSA) is 191 Å². The highest BCUT2D eigenvalue weighted by Gasteiger charge is 2.57. The van der Waals surface area contributed by atoms with Crippen molar-refractivity contribution >= 4 is 41.1 Å². The van der Waals surface area contributed by atoms with E-state index in [0.29, 0.717) is 28.2 Å². The fourth-order valence-corrected chi connectivity index (χ4v) is 5.58. The fourth-order valence-electron chi connectivity index (χ4n) is 4.52. The van der Waals surface area contributed by atoms with Gasteiger partial charge in [-0.15, -0.1) is 11.8 Å². The second-order valence-corrected chi connectivity index (χ2v) is 10.5. The first kappa shape index (κ1) is 29.5. The minimum Gasteiger partial charge on any atom is -0.456 e. The van der Waals surface area contributed by atoms with E-state index >= 15 is 0 Å². The minimum atomic E-state index is -0.891. The molecule has 2 aromatic rings. The van der Waals surface area contributed by atoms with E-state index in [9.17, 15) is 39.7 Å². The van der Waals surface area contributed by atoms with Crippen molar-refractivity contribution in [2.45, 2.75) is 38.7 Å². The van der Waals surface area contributed by atoms with Gasteiger partial charge < -0.3 is 24.8 Å². The zero-order valence-electron chi connectivity index (χ0n) is 21.8. The molecular weight excluding hydrogens is 560 g/mol. The molecule has 0 saturated carbocycles. The van der Waals surface area contributed by atoms with E-state index in [1.807, 2.05) is 0 Å². The maximum atomic E-state index is 13.1. The molecule has 2 aliphatic heterocycles. The third kappa shape index (κ3) is 6.81. The Bertz CT molecular complexity index is 1380. The number of nitro groups is 2. The number of fused-ring (bicyclic) bond motifs is 1. The molecule has 15 heteroatoms. The number of carbonyl (C=O) groups is 3. The standard InChI is InChI=1S/C26H26N4O10S/c1-15(31)22-20-12-21(41-11-10-27-26(34)40-14-17-4-8-19(9-5-17)30(37)38)23(28(20)24(22)32)25(33)39-13-16-2-6-18(7-3-16)29(35)36/h2-9,15,20,22,31H,10-14H2,1H3,(H,27,34)/t15-,20+,22-/m0/s1. The highest BCUT2D eigenvalue weighted by atomic mass is 32.2. The molecule has 14 nitrogen and oxygen atoms in total. The first-order valence-corrected chi connectivity index (χ1v) is 13.5. The third-order valence-electron chi connectivity index (χ3n) is 6.56. The molecule has 1 saturated heterocycles. The lowest BCUT2D eigenvalue weighted by Crippen LogP contribution is -2.61. The predicted octanol–water partition coefficient (Wildman–Crippen LogP) is 3.03. The Kier molecular flexibility index (Phi) is 9.19. The first-order chi connectivity index (χ1) is 19.6. The van der Waals surface area contributed by atoms with Crippen LogP contribution in [0.1, 0.15) is 24.5 Å². The summed E-state index contributed by atoms with van der Waals surface area (Å²) < 4.78 is 10.5. The average Bonchev–Trinajstić information content (AvgIpc) is 3.27. The second-order valence-electron chi connectivity index (χ2n) is 9.29. The van der Waals surface area contributed by atoms with Gasteiger partial charge in [0, 0.05) is 47.9 Å². The number of hydrogen-bond donors (Lipinski definition) is 2. The summed E-state index contributed by atoms with van der Waals surface area (Å²) in [5.74, 6) is -1.41. The van der Waals surface area contributed by atoms with Crippen molar-refractivity contribution in [2.75, 3.05) is 12.3 Å². The largest absolute Gasteiger partial charge is 0.456 e. The maximum absolute atomic E-state index is 13.1. The molecule has 0 aliphatic carbocycles. The number of carbonyl (C=O) groups excluding carboxylic acids is 3. The predicted molar refractivity (Wildman–Crippen MR) is 144 cm³/mol. The summed E-state index contributed by atoms with van der Waals surface area (Å²) in [6.45, 7) is 1.46. The Labute approximate surface area is 237 Å². The molecule has 3 atom stereocenters. The van der Waals surface area contributed by atoms with Crippen LogP contribution >= 0.6 is 11.8 Å². The van der Waals surface area contributed by atoms with Crippen molar-refractivity contribution in [3.05, 3.63) is 90.5 Å². The van der Waals surface area contributed by atoms with E-state index in [1.165, 1.54) is 72.1 Å². The lowest BCUT2D eigenvalue weighted by atomic mass is 9.83. The van der Waals surface area contributed by atoms with E-state index in [1.54, 1.807) is 0 Å². The van der Waals surface area contributed by atoms with Crippen LogP contribution in [0.2, 0.25) is 0 Å². The van der Waals surface area contributed by atoms with Crippen molar-refractivity contribution < 1.29 is 38.8 Å². The number of non-ortho nitro benzene ring substituents is 2. The van der Waals surface area contributed by atoms with Gasteiger partial charge in [0.25, 0.3) is 11.4 Å². The lowest BCUT2D eigenvalue weighted by molar-refractivity contribution is -0.385. The van der Waals surface area contributed by atoms with Gasteiger partial charge in [-0.3, -0.25) is 25.0 Å². The number of hydrogen-bond acceptors (Lipinski definition) is 11. The number of nitro benzene ring substituents is 2. The maximum Gasteiger partial charge on any atom is 0.407 e. The molecule has 0 aromatic heterocycles. The number of nitrogens with one attached hydrogen (secondary N) is 1. The highest BCUT2D eigenvalue weighted by molar-refractivity contribution is 8.03. The summed E-state index contributed by atoms with van der Waals surface area (Å²) in [4.78, 5) is 60.3. The quantitative estimate of drug-likeness (QED) is 0.122. The van der Waals surface area contributed by atoms with Crippen molar-refractivity contribution in [3.63, 3.8) is 0 Å². The molecule has 2 heterocycles. The number of rotatable bonds is 12. The second kappa shape index (κ2) is 12.8. The molecule has 0 bridgehead atoms. The molecule has 2 N–H and O–H groups in total. The molecule has 41 heavy (non-hydrogen) atoms. The molecule has 1 fully saturated rings. The van der Waals surface area contributed by atoms with E-state index in [4.69, 9.17) is 9.47 Å². The van der Waals surface area contributed by atoms with Gasteiger partial charge in [0.05, 0.1) is 27.9 Å². The Hall–Kier alpha value is -4.50. The van der Waals surface area contributed by atoms with Crippen molar-refractivity contribution in [3.8, 4) is 0 Å². The Morgan fingerprint density at radius 3 is 2.07 bits per heavy atom. The number of ether oxygens (including phenoxy) is 2. The van der Waals surface area contributed by atoms with Crippen LogP contribution in [0.4, 0.5) is 16.2 Å². The average molecular weight is 587 g/mol. The normalized spacial score (nSPS) is 18.3. The van der Waals surface area contributed by atoms with Crippen LogP contribution in [-0.4, -0.2) is 62.3 Å². The number of β-lactam (4-membered cyclic amide) rings is 1. The van der Waals surface area contributed by atoms with Gasteiger partial charge >= 0.3 is 12.1 Å². The number of amides is 2. The molecule has 0 unspecified atom stereocenters. The molecule has 0 spiro atoms. The van der Waals surface area contributed by atoms with Gasteiger partial charge in [-0.2, -0.15) is 0 Å². The number of benzene rings is 2. The number of alkyl carbamates (subject to hydrolysis) is 1. The van der Waals surface area contributed by atoms with Gasteiger partial charge in [0.15, 0.2) is 0 Å². The molecular formula is C26H26N4O10S. The summed E-state index contributed by atoms with van der Waals surface area (Å²) >= 11 is 1.27. The van der Waals surface area contributed by atoms with Crippen molar-refractivity contribution in [2.24, 2.45) is 5.92 Å². The van der Waals surface area contributed by atoms with E-state index in [-0.39, 0.29) is 48.8 Å². The van der Waals surface area contributed by atoms with E-state index in [2.05, 4.69) is 5.32 Å². The van der Waals surface area contributed by atoms with E-state index < -0.39 is 33.9 Å². The Balaban J connectivity index is 1.32. The molecule has 2 amide bonds. The van der Waals surface area contributed by atoms with Crippen LogP contribution in [0.15, 0.2) is 59.1 Å². The zero-order valence-corrected chi connectivity index (χ0v) is 22.6. The Morgan fingerprint density at radius 1 is 1.02 bits per heavy atom. The van der Waals surface area contributed by atoms with E-state index in [0.717, 1.165) is 0 Å². The fraction of sp³-hybridized carbons (Fsp3) is 0.346. The molecule has 216 valence electrons. The van der Waals surface area contributed by atoms with Crippen LogP contribution in [0.5, 0.6) is 0 Å². The number of aliphatic hydroxyl groups excluding tert-OH is 1. The van der Waals surface area contributed by atoms with Gasteiger partial charge in [-0.25, -0.2) is 9.59 Å².